The van der Waals surface area contributed by atoms with Crippen molar-refractivity contribution in [2.45, 2.75) is 32.2 Å². The van der Waals surface area contributed by atoms with Gasteiger partial charge in [0.1, 0.15) is 0 Å². The zero-order valence-electron chi connectivity index (χ0n) is 14.5. The Kier molecular flexibility index (Phi) is 5.96. The van der Waals surface area contributed by atoms with E-state index in [4.69, 9.17) is 0 Å². The van der Waals surface area contributed by atoms with Gasteiger partial charge in [0, 0.05) is 29.3 Å². The molecule has 1 aromatic rings. The van der Waals surface area contributed by atoms with Crippen LogP contribution in [-0.4, -0.2) is 49.1 Å². The molecule has 1 aliphatic carbocycles. The van der Waals surface area contributed by atoms with Crippen LogP contribution in [0.1, 0.15) is 24.8 Å². The van der Waals surface area contributed by atoms with Crippen LogP contribution in [0.5, 0.6) is 0 Å². The Morgan fingerprint density at radius 3 is 2.76 bits per heavy atom. The summed E-state index contributed by atoms with van der Waals surface area (Å²) < 4.78 is 0.965. The molecule has 25 heavy (non-hydrogen) atoms. The number of likely N-dealkylation sites (tertiary alicyclic amines) is 1. The van der Waals surface area contributed by atoms with Crippen LogP contribution in [0.3, 0.4) is 0 Å². The Labute approximate surface area is 156 Å². The summed E-state index contributed by atoms with van der Waals surface area (Å²) in [5.74, 6) is 0.284. The van der Waals surface area contributed by atoms with Crippen molar-refractivity contribution in [2.75, 3.05) is 31.5 Å². The van der Waals surface area contributed by atoms with Crippen molar-refractivity contribution >= 4 is 33.6 Å². The molecular formula is C18H25BrN4O2. The van der Waals surface area contributed by atoms with Gasteiger partial charge in [-0.15, -0.1) is 0 Å². The van der Waals surface area contributed by atoms with Crippen molar-refractivity contribution in [1.29, 1.82) is 0 Å². The van der Waals surface area contributed by atoms with Crippen molar-refractivity contribution in [3.63, 3.8) is 0 Å². The third-order valence-corrected chi connectivity index (χ3v) is 5.30. The van der Waals surface area contributed by atoms with Gasteiger partial charge in [0.2, 0.25) is 5.91 Å². The summed E-state index contributed by atoms with van der Waals surface area (Å²) in [7, 11) is 0. The molecule has 2 aliphatic rings. The van der Waals surface area contributed by atoms with E-state index in [1.165, 1.54) is 12.8 Å². The quantitative estimate of drug-likeness (QED) is 0.676. The lowest BCUT2D eigenvalue weighted by Crippen LogP contribution is -2.42. The van der Waals surface area contributed by atoms with E-state index in [1.807, 2.05) is 25.1 Å². The molecule has 0 spiro atoms. The number of rotatable bonds is 6. The molecule has 1 aromatic carbocycles. The summed E-state index contributed by atoms with van der Waals surface area (Å²) >= 11 is 3.39. The molecule has 2 fully saturated rings. The van der Waals surface area contributed by atoms with Gasteiger partial charge < -0.3 is 20.9 Å². The van der Waals surface area contributed by atoms with Gasteiger partial charge in [0.15, 0.2) is 0 Å². The third kappa shape index (κ3) is 5.44. The zero-order valence-corrected chi connectivity index (χ0v) is 16.1. The fourth-order valence-corrected chi connectivity index (χ4v) is 3.70. The number of benzene rings is 1. The minimum absolute atomic E-state index is 0.0415. The summed E-state index contributed by atoms with van der Waals surface area (Å²) in [5.41, 5.74) is 1.72. The molecule has 1 saturated heterocycles. The van der Waals surface area contributed by atoms with E-state index in [0.29, 0.717) is 12.5 Å². The SMILES string of the molecule is Cc1cc(Br)ccc1NC(=O)CNC(=O)NCC1CCN(C2CC2)C1. The normalized spacial score (nSPS) is 20.3. The number of urea groups is 1. The van der Waals surface area contributed by atoms with Gasteiger partial charge in [-0.1, -0.05) is 15.9 Å². The fourth-order valence-electron chi connectivity index (χ4n) is 3.22. The lowest BCUT2D eigenvalue weighted by molar-refractivity contribution is -0.115. The number of amides is 3. The Hall–Kier alpha value is -1.60. The Morgan fingerprint density at radius 1 is 1.24 bits per heavy atom. The number of aryl methyl sites for hydroxylation is 1. The number of carbonyl (C=O) groups is 2. The molecule has 1 atom stereocenters. The van der Waals surface area contributed by atoms with Crippen molar-refractivity contribution in [3.05, 3.63) is 28.2 Å². The van der Waals surface area contributed by atoms with E-state index in [9.17, 15) is 9.59 Å². The molecule has 0 radical (unpaired) electrons. The first-order valence-corrected chi connectivity index (χ1v) is 9.62. The van der Waals surface area contributed by atoms with E-state index in [-0.39, 0.29) is 18.5 Å². The number of anilines is 1. The monoisotopic (exact) mass is 408 g/mol. The molecule has 1 saturated carbocycles. The number of hydrogen-bond donors (Lipinski definition) is 3. The standard InChI is InChI=1S/C18H25BrN4O2/c1-12-8-14(19)2-5-16(12)22-17(24)10-21-18(25)20-9-13-6-7-23(11-13)15-3-4-15/h2,5,8,13,15H,3-4,6-7,9-11H2,1H3,(H,22,24)(H2,20,21,25). The predicted octanol–water partition coefficient (Wildman–Crippen LogP) is 2.48. The lowest BCUT2D eigenvalue weighted by Gasteiger charge is -2.15. The molecule has 6 nitrogen and oxygen atoms in total. The molecule has 136 valence electrons. The maximum absolute atomic E-state index is 12.0. The number of halogens is 1. The van der Waals surface area contributed by atoms with Gasteiger partial charge in [0.25, 0.3) is 0 Å². The van der Waals surface area contributed by atoms with Crippen LogP contribution in [0.15, 0.2) is 22.7 Å². The van der Waals surface area contributed by atoms with Gasteiger partial charge in [-0.3, -0.25) is 4.79 Å². The number of hydrogen-bond acceptors (Lipinski definition) is 3. The zero-order chi connectivity index (χ0) is 17.8. The minimum atomic E-state index is -0.285. The third-order valence-electron chi connectivity index (χ3n) is 4.80. The maximum atomic E-state index is 12.0. The van der Waals surface area contributed by atoms with Crippen molar-refractivity contribution in [1.82, 2.24) is 15.5 Å². The summed E-state index contributed by atoms with van der Waals surface area (Å²) in [5, 5.41) is 8.30. The van der Waals surface area contributed by atoms with Crippen LogP contribution < -0.4 is 16.0 Å². The number of nitrogens with zero attached hydrogens (tertiary/aromatic N) is 1. The van der Waals surface area contributed by atoms with E-state index >= 15 is 0 Å². The van der Waals surface area contributed by atoms with Crippen molar-refractivity contribution in [3.8, 4) is 0 Å². The first-order valence-electron chi connectivity index (χ1n) is 8.83. The molecule has 0 aromatic heterocycles. The van der Waals surface area contributed by atoms with Gasteiger partial charge in [0.05, 0.1) is 6.54 Å². The topological polar surface area (TPSA) is 73.5 Å². The minimum Gasteiger partial charge on any atom is -0.338 e. The summed E-state index contributed by atoms with van der Waals surface area (Å²) in [6.07, 6.45) is 3.79. The average Bonchev–Trinajstić information content (AvgIpc) is 3.32. The molecule has 3 N–H and O–H groups in total. The van der Waals surface area contributed by atoms with Crippen LogP contribution >= 0.6 is 15.9 Å². The highest BCUT2D eigenvalue weighted by Crippen LogP contribution is 2.31. The second-order valence-corrected chi connectivity index (χ2v) is 7.87. The summed E-state index contributed by atoms with van der Waals surface area (Å²) in [4.78, 5) is 26.4. The van der Waals surface area contributed by atoms with Gasteiger partial charge in [-0.25, -0.2) is 4.79 Å². The van der Waals surface area contributed by atoms with E-state index < -0.39 is 0 Å². The molecule has 7 heteroatoms. The van der Waals surface area contributed by atoms with Gasteiger partial charge in [-0.05, 0) is 62.4 Å². The van der Waals surface area contributed by atoms with Gasteiger partial charge in [-0.2, -0.15) is 0 Å². The first-order chi connectivity index (χ1) is 12.0. The van der Waals surface area contributed by atoms with E-state index in [0.717, 1.165) is 41.3 Å². The van der Waals surface area contributed by atoms with E-state index in [1.54, 1.807) is 0 Å². The number of nitrogens with one attached hydrogen (secondary N) is 3. The van der Waals surface area contributed by atoms with E-state index in [2.05, 4.69) is 36.8 Å². The Balaban J connectivity index is 1.33. The lowest BCUT2D eigenvalue weighted by atomic mass is 10.1. The van der Waals surface area contributed by atoms with Crippen LogP contribution in [0.25, 0.3) is 0 Å². The van der Waals surface area contributed by atoms with Crippen molar-refractivity contribution in [2.24, 2.45) is 5.92 Å². The summed E-state index contributed by atoms with van der Waals surface area (Å²) in [6, 6.07) is 6.15. The molecule has 1 unspecified atom stereocenters. The maximum Gasteiger partial charge on any atom is 0.315 e. The molecule has 1 aliphatic heterocycles. The van der Waals surface area contributed by atoms with Crippen LogP contribution in [0.2, 0.25) is 0 Å². The highest BCUT2D eigenvalue weighted by Gasteiger charge is 2.34. The predicted molar refractivity (Wildman–Crippen MR) is 102 cm³/mol. The number of carbonyl (C=O) groups excluding carboxylic acids is 2. The average molecular weight is 409 g/mol. The fraction of sp³-hybridized carbons (Fsp3) is 0.556. The highest BCUT2D eigenvalue weighted by atomic mass is 79.9. The van der Waals surface area contributed by atoms with Crippen LogP contribution in [-0.2, 0) is 4.79 Å². The van der Waals surface area contributed by atoms with Crippen LogP contribution in [0, 0.1) is 12.8 Å². The first kappa shape index (κ1) is 18.2. The Morgan fingerprint density at radius 2 is 2.04 bits per heavy atom. The second-order valence-electron chi connectivity index (χ2n) is 6.95. The molecule has 1 heterocycles. The smallest absolute Gasteiger partial charge is 0.315 e. The largest absolute Gasteiger partial charge is 0.338 e. The molecular weight excluding hydrogens is 384 g/mol. The summed E-state index contributed by atoms with van der Waals surface area (Å²) in [6.45, 7) is 4.78. The van der Waals surface area contributed by atoms with Crippen molar-refractivity contribution < 1.29 is 9.59 Å². The highest BCUT2D eigenvalue weighted by molar-refractivity contribution is 9.10. The molecule has 3 rings (SSSR count). The van der Waals surface area contributed by atoms with Gasteiger partial charge >= 0.3 is 6.03 Å². The van der Waals surface area contributed by atoms with Crippen LogP contribution in [0.4, 0.5) is 10.5 Å². The molecule has 3 amide bonds. The second kappa shape index (κ2) is 8.19. The Bertz CT molecular complexity index is 648. The molecule has 0 bridgehead atoms.